The maximum atomic E-state index is 13.4. The lowest BCUT2D eigenvalue weighted by atomic mass is 9.91. The number of aromatic amines is 1. The van der Waals surface area contributed by atoms with Gasteiger partial charge < -0.3 is 24.5 Å². The van der Waals surface area contributed by atoms with Gasteiger partial charge in [0, 0.05) is 35.6 Å². The van der Waals surface area contributed by atoms with Gasteiger partial charge in [-0.2, -0.15) is 0 Å². The van der Waals surface area contributed by atoms with Crippen molar-refractivity contribution < 1.29 is 19.4 Å². The van der Waals surface area contributed by atoms with Gasteiger partial charge >= 0.3 is 0 Å². The molecular weight excluding hydrogens is 420 g/mol. The number of phenolic OH excluding ortho intramolecular Hbond substituents is 1. The number of hydrogen-bond donors (Lipinski definition) is 3. The molecule has 0 unspecified atom stereocenters. The molecule has 1 amide bonds. The molecule has 0 saturated carbocycles. The monoisotopic (exact) mass is 444 g/mol. The molecule has 1 aliphatic rings. The molecule has 2 aromatic carbocycles. The maximum Gasteiger partial charge on any atom is 0.227 e. The highest BCUT2D eigenvalue weighted by Crippen LogP contribution is 2.35. The third kappa shape index (κ3) is 3.86. The minimum absolute atomic E-state index is 0.0142. The molecule has 1 aliphatic heterocycles. The fourth-order valence-electron chi connectivity index (χ4n) is 4.64. The summed E-state index contributed by atoms with van der Waals surface area (Å²) in [7, 11) is 0. The summed E-state index contributed by atoms with van der Waals surface area (Å²) in [6, 6.07) is 15.7. The number of aromatic nitrogens is 1. The van der Waals surface area contributed by atoms with Crippen LogP contribution < -0.4 is 5.43 Å². The molecule has 4 aromatic rings. The van der Waals surface area contributed by atoms with E-state index >= 15 is 0 Å². The second-order valence-electron chi connectivity index (χ2n) is 8.48. The molecule has 2 aromatic heterocycles. The van der Waals surface area contributed by atoms with Crippen LogP contribution in [-0.4, -0.2) is 32.5 Å². The zero-order valence-electron chi connectivity index (χ0n) is 18.2. The van der Waals surface area contributed by atoms with Gasteiger partial charge in [-0.15, -0.1) is 0 Å². The van der Waals surface area contributed by atoms with Gasteiger partial charge in [0.1, 0.15) is 11.5 Å². The quantitative estimate of drug-likeness (QED) is 0.442. The van der Waals surface area contributed by atoms with Crippen molar-refractivity contribution in [3.63, 3.8) is 0 Å². The van der Waals surface area contributed by atoms with Gasteiger partial charge in [-0.25, -0.2) is 0 Å². The van der Waals surface area contributed by atoms with Gasteiger partial charge in [0.15, 0.2) is 5.76 Å². The number of H-pyrrole nitrogens is 1. The predicted molar refractivity (Wildman–Crippen MR) is 123 cm³/mol. The minimum Gasteiger partial charge on any atom is -0.508 e. The maximum absolute atomic E-state index is 13.4. The Morgan fingerprint density at radius 2 is 1.91 bits per heavy atom. The van der Waals surface area contributed by atoms with Crippen LogP contribution in [0.2, 0.25) is 0 Å². The smallest absolute Gasteiger partial charge is 0.227 e. The van der Waals surface area contributed by atoms with Crippen molar-refractivity contribution in [2.24, 2.45) is 0 Å². The van der Waals surface area contributed by atoms with Gasteiger partial charge in [-0.05, 0) is 42.7 Å². The Hall–Kier alpha value is -4.00. The van der Waals surface area contributed by atoms with E-state index in [1.165, 1.54) is 29.1 Å². The number of aromatic hydroxyl groups is 2. The summed E-state index contributed by atoms with van der Waals surface area (Å²) >= 11 is 0. The standard InChI is InChI=1S/C26H24N2O5/c1-15-12-23(30)25(32)26(33-15)20(16-6-8-17(29)9-7-16)13-24(31)28-11-10-19-18-4-2-3-5-21(18)27-22(19)14-28/h2-9,12,20,27,29,32H,10-11,13-14H2,1H3/t20-/m0/s1. The van der Waals surface area contributed by atoms with Crippen LogP contribution in [0.15, 0.2) is 63.8 Å². The molecule has 0 fully saturated rings. The summed E-state index contributed by atoms with van der Waals surface area (Å²) in [6.07, 6.45) is 0.764. The Labute approximate surface area is 189 Å². The molecule has 3 N–H and O–H groups in total. The van der Waals surface area contributed by atoms with E-state index < -0.39 is 17.1 Å². The number of benzene rings is 2. The van der Waals surface area contributed by atoms with Crippen molar-refractivity contribution in [3.8, 4) is 11.5 Å². The zero-order chi connectivity index (χ0) is 23.1. The molecule has 0 radical (unpaired) electrons. The molecule has 0 spiro atoms. The lowest BCUT2D eigenvalue weighted by molar-refractivity contribution is -0.132. The minimum atomic E-state index is -0.671. The van der Waals surface area contributed by atoms with E-state index in [1.54, 1.807) is 24.0 Å². The number of rotatable bonds is 4. The predicted octanol–water partition coefficient (Wildman–Crippen LogP) is 3.95. The van der Waals surface area contributed by atoms with Crippen LogP contribution in [0.5, 0.6) is 11.5 Å². The summed E-state index contributed by atoms with van der Waals surface area (Å²) in [4.78, 5) is 30.8. The molecule has 7 nitrogen and oxygen atoms in total. The molecule has 0 saturated heterocycles. The number of para-hydroxylation sites is 1. The van der Waals surface area contributed by atoms with Crippen LogP contribution in [0.25, 0.3) is 10.9 Å². The van der Waals surface area contributed by atoms with Crippen LogP contribution in [0.4, 0.5) is 0 Å². The number of nitrogens with zero attached hydrogens (tertiary/aromatic N) is 1. The van der Waals surface area contributed by atoms with Crippen molar-refractivity contribution in [1.82, 2.24) is 9.88 Å². The molecule has 0 bridgehead atoms. The Morgan fingerprint density at radius 1 is 1.15 bits per heavy atom. The van der Waals surface area contributed by atoms with E-state index in [4.69, 9.17) is 4.42 Å². The first-order chi connectivity index (χ1) is 15.9. The largest absolute Gasteiger partial charge is 0.508 e. The summed E-state index contributed by atoms with van der Waals surface area (Å²) < 4.78 is 5.73. The second-order valence-corrected chi connectivity index (χ2v) is 8.48. The molecular formula is C26H24N2O5. The van der Waals surface area contributed by atoms with E-state index in [1.807, 2.05) is 18.2 Å². The van der Waals surface area contributed by atoms with Crippen LogP contribution in [0, 0.1) is 6.92 Å². The molecule has 3 heterocycles. The fraction of sp³-hybridized carbons (Fsp3) is 0.231. The third-order valence-corrected chi connectivity index (χ3v) is 6.30. The summed E-state index contributed by atoms with van der Waals surface area (Å²) in [5.74, 6) is -0.785. The highest BCUT2D eigenvalue weighted by molar-refractivity contribution is 5.86. The molecule has 33 heavy (non-hydrogen) atoms. The van der Waals surface area contributed by atoms with Gasteiger partial charge in [0.25, 0.3) is 0 Å². The van der Waals surface area contributed by atoms with E-state index in [-0.39, 0.29) is 23.8 Å². The van der Waals surface area contributed by atoms with E-state index in [0.717, 1.165) is 17.6 Å². The first-order valence-corrected chi connectivity index (χ1v) is 10.9. The Balaban J connectivity index is 1.46. The van der Waals surface area contributed by atoms with Crippen molar-refractivity contribution in [1.29, 1.82) is 0 Å². The number of amides is 1. The molecule has 7 heteroatoms. The highest BCUT2D eigenvalue weighted by Gasteiger charge is 2.30. The van der Waals surface area contributed by atoms with Crippen LogP contribution in [-0.2, 0) is 17.8 Å². The topological polar surface area (TPSA) is 107 Å². The first-order valence-electron chi connectivity index (χ1n) is 10.9. The lowest BCUT2D eigenvalue weighted by Crippen LogP contribution is -2.36. The SMILES string of the molecule is Cc1cc(=O)c(O)c([C@@H](CC(=O)N2CCc3c([nH]c4ccccc34)C2)c2ccc(O)cc2)o1. The van der Waals surface area contributed by atoms with E-state index in [0.29, 0.717) is 24.4 Å². The number of aryl methyl sites for hydroxylation is 1. The number of phenols is 1. The van der Waals surface area contributed by atoms with E-state index in [9.17, 15) is 19.8 Å². The highest BCUT2D eigenvalue weighted by atomic mass is 16.4. The fourth-order valence-corrected chi connectivity index (χ4v) is 4.64. The average molecular weight is 444 g/mol. The van der Waals surface area contributed by atoms with Gasteiger partial charge in [0.2, 0.25) is 17.1 Å². The average Bonchev–Trinajstić information content (AvgIpc) is 3.18. The summed E-state index contributed by atoms with van der Waals surface area (Å²) in [5, 5.41) is 21.3. The Kier molecular flexibility index (Phi) is 5.17. The first kappa shape index (κ1) is 20.9. The van der Waals surface area contributed by atoms with Gasteiger partial charge in [0.05, 0.1) is 12.5 Å². The molecule has 1 atom stereocenters. The van der Waals surface area contributed by atoms with Gasteiger partial charge in [-0.1, -0.05) is 30.3 Å². The molecule has 168 valence electrons. The van der Waals surface area contributed by atoms with Crippen molar-refractivity contribution in [2.45, 2.75) is 32.2 Å². The van der Waals surface area contributed by atoms with Crippen LogP contribution >= 0.6 is 0 Å². The number of fused-ring (bicyclic) bond motifs is 3. The third-order valence-electron chi connectivity index (χ3n) is 6.30. The summed E-state index contributed by atoms with van der Waals surface area (Å²) in [6.45, 7) is 2.68. The van der Waals surface area contributed by atoms with Crippen LogP contribution in [0.1, 0.15) is 40.7 Å². The van der Waals surface area contributed by atoms with Crippen LogP contribution in [0.3, 0.4) is 0 Å². The number of hydrogen-bond acceptors (Lipinski definition) is 5. The molecule has 5 rings (SSSR count). The van der Waals surface area contributed by atoms with Crippen molar-refractivity contribution in [2.75, 3.05) is 6.54 Å². The zero-order valence-corrected chi connectivity index (χ0v) is 18.2. The second kappa shape index (κ2) is 8.16. The summed E-state index contributed by atoms with van der Waals surface area (Å²) in [5.41, 5.74) is 3.44. The van der Waals surface area contributed by atoms with Crippen molar-refractivity contribution >= 4 is 16.8 Å². The Morgan fingerprint density at radius 3 is 2.70 bits per heavy atom. The van der Waals surface area contributed by atoms with E-state index in [2.05, 4.69) is 11.1 Å². The van der Waals surface area contributed by atoms with Crippen molar-refractivity contribution in [3.05, 3.63) is 93.2 Å². The van der Waals surface area contributed by atoms with Gasteiger partial charge in [-0.3, -0.25) is 9.59 Å². The number of carbonyl (C=O) groups is 1. The lowest BCUT2D eigenvalue weighted by Gasteiger charge is -2.29. The number of carbonyl (C=O) groups excluding carboxylic acids is 1. The normalized spacial score (nSPS) is 14.3. The Bertz CT molecular complexity index is 1400. The number of nitrogens with one attached hydrogen (secondary N) is 1. The molecule has 0 aliphatic carbocycles.